The molecular formula is C17H16N2O2S. The van der Waals surface area contributed by atoms with E-state index in [9.17, 15) is 9.59 Å². The van der Waals surface area contributed by atoms with Gasteiger partial charge in [0.15, 0.2) is 0 Å². The van der Waals surface area contributed by atoms with Crippen LogP contribution in [0.15, 0.2) is 41.4 Å². The molecule has 0 atom stereocenters. The van der Waals surface area contributed by atoms with Crippen molar-refractivity contribution in [3.8, 4) is 0 Å². The molecule has 2 heterocycles. The molecule has 0 fully saturated rings. The number of benzene rings is 1. The molecule has 2 aromatic rings. The first-order chi connectivity index (χ1) is 10.5. The SMILES string of the molecule is Cc1cccc(CN2C(=O)N=C(Cc3ccc(C)s3)C2=O)c1. The molecule has 1 aromatic heterocycles. The van der Waals surface area contributed by atoms with Gasteiger partial charge in [-0.05, 0) is 31.5 Å². The van der Waals surface area contributed by atoms with Gasteiger partial charge in [-0.25, -0.2) is 4.79 Å². The van der Waals surface area contributed by atoms with Gasteiger partial charge < -0.3 is 0 Å². The van der Waals surface area contributed by atoms with E-state index in [1.54, 1.807) is 11.3 Å². The van der Waals surface area contributed by atoms with Crippen LogP contribution in [0, 0.1) is 13.8 Å². The molecule has 5 heteroatoms. The molecule has 112 valence electrons. The van der Waals surface area contributed by atoms with Gasteiger partial charge >= 0.3 is 6.03 Å². The Hall–Kier alpha value is -2.27. The molecule has 3 rings (SSSR count). The van der Waals surface area contributed by atoms with E-state index in [2.05, 4.69) is 4.99 Å². The van der Waals surface area contributed by atoms with Crippen LogP contribution in [0.3, 0.4) is 0 Å². The van der Waals surface area contributed by atoms with Gasteiger partial charge in [-0.15, -0.1) is 11.3 Å². The normalized spacial score (nSPS) is 14.6. The number of amides is 3. The largest absolute Gasteiger partial charge is 0.351 e. The lowest BCUT2D eigenvalue weighted by Gasteiger charge is -2.13. The van der Waals surface area contributed by atoms with Crippen molar-refractivity contribution >= 4 is 29.0 Å². The van der Waals surface area contributed by atoms with Gasteiger partial charge in [0.1, 0.15) is 5.71 Å². The summed E-state index contributed by atoms with van der Waals surface area (Å²) in [5, 5.41) is 0. The maximum absolute atomic E-state index is 12.4. The molecule has 0 bridgehead atoms. The highest BCUT2D eigenvalue weighted by atomic mass is 32.1. The Morgan fingerprint density at radius 3 is 2.64 bits per heavy atom. The topological polar surface area (TPSA) is 49.7 Å². The fourth-order valence-electron chi connectivity index (χ4n) is 2.46. The van der Waals surface area contributed by atoms with E-state index in [0.29, 0.717) is 12.1 Å². The van der Waals surface area contributed by atoms with E-state index >= 15 is 0 Å². The number of aryl methyl sites for hydroxylation is 2. The van der Waals surface area contributed by atoms with Crippen molar-refractivity contribution in [1.29, 1.82) is 0 Å². The Morgan fingerprint density at radius 2 is 1.95 bits per heavy atom. The molecule has 3 amide bonds. The first-order valence-electron chi connectivity index (χ1n) is 7.07. The summed E-state index contributed by atoms with van der Waals surface area (Å²) in [5.74, 6) is -0.280. The van der Waals surface area contributed by atoms with Gasteiger partial charge in [0, 0.05) is 16.2 Å². The van der Waals surface area contributed by atoms with Gasteiger partial charge in [-0.2, -0.15) is 4.99 Å². The van der Waals surface area contributed by atoms with Crippen LogP contribution in [0.2, 0.25) is 0 Å². The zero-order valence-corrected chi connectivity index (χ0v) is 13.3. The Morgan fingerprint density at radius 1 is 1.14 bits per heavy atom. The van der Waals surface area contributed by atoms with Crippen LogP contribution in [0.5, 0.6) is 0 Å². The van der Waals surface area contributed by atoms with Gasteiger partial charge in [-0.3, -0.25) is 9.69 Å². The van der Waals surface area contributed by atoms with Crippen LogP contribution in [-0.4, -0.2) is 22.5 Å². The second kappa shape index (κ2) is 5.85. The van der Waals surface area contributed by atoms with Crippen LogP contribution in [0.4, 0.5) is 4.79 Å². The van der Waals surface area contributed by atoms with Crippen LogP contribution in [-0.2, 0) is 17.8 Å². The molecule has 0 saturated carbocycles. The van der Waals surface area contributed by atoms with Crippen molar-refractivity contribution in [3.63, 3.8) is 0 Å². The summed E-state index contributed by atoms with van der Waals surface area (Å²) in [6.45, 7) is 4.27. The molecule has 4 nitrogen and oxygen atoms in total. The maximum atomic E-state index is 12.4. The lowest BCUT2D eigenvalue weighted by atomic mass is 10.1. The molecule has 0 unspecified atom stereocenters. The van der Waals surface area contributed by atoms with E-state index in [1.165, 1.54) is 9.78 Å². The number of carbonyl (C=O) groups excluding carboxylic acids is 2. The predicted octanol–water partition coefficient (Wildman–Crippen LogP) is 3.51. The lowest BCUT2D eigenvalue weighted by Crippen LogP contribution is -2.32. The summed E-state index contributed by atoms with van der Waals surface area (Å²) in [6, 6.07) is 11.3. The number of carbonyl (C=O) groups is 2. The quantitative estimate of drug-likeness (QED) is 0.867. The lowest BCUT2D eigenvalue weighted by molar-refractivity contribution is -0.121. The van der Waals surface area contributed by atoms with Gasteiger partial charge in [-0.1, -0.05) is 29.8 Å². The minimum Gasteiger partial charge on any atom is -0.267 e. The van der Waals surface area contributed by atoms with Crippen molar-refractivity contribution in [3.05, 3.63) is 57.3 Å². The van der Waals surface area contributed by atoms with E-state index in [0.717, 1.165) is 16.0 Å². The third-order valence-corrected chi connectivity index (χ3v) is 4.52. The van der Waals surface area contributed by atoms with Crippen LogP contribution in [0.25, 0.3) is 0 Å². The Kier molecular flexibility index (Phi) is 3.90. The Labute approximate surface area is 133 Å². The van der Waals surface area contributed by atoms with E-state index in [1.807, 2.05) is 50.2 Å². The summed E-state index contributed by atoms with van der Waals surface area (Å²) in [7, 11) is 0. The Balaban J connectivity index is 1.74. The van der Waals surface area contributed by atoms with E-state index < -0.39 is 6.03 Å². The van der Waals surface area contributed by atoms with Crippen LogP contribution < -0.4 is 0 Å². The number of aliphatic imine (C=N–C) groups is 1. The van der Waals surface area contributed by atoms with Gasteiger partial charge in [0.25, 0.3) is 5.91 Å². The van der Waals surface area contributed by atoms with E-state index in [-0.39, 0.29) is 12.5 Å². The zero-order valence-electron chi connectivity index (χ0n) is 12.5. The number of hydrogen-bond acceptors (Lipinski definition) is 3. The third-order valence-electron chi connectivity index (χ3n) is 3.51. The van der Waals surface area contributed by atoms with Crippen molar-refractivity contribution in [1.82, 2.24) is 4.90 Å². The first-order valence-corrected chi connectivity index (χ1v) is 7.89. The summed E-state index contributed by atoms with van der Waals surface area (Å²) >= 11 is 1.62. The smallest absolute Gasteiger partial charge is 0.267 e. The minimum absolute atomic E-state index is 0.274. The second-order valence-electron chi connectivity index (χ2n) is 5.41. The van der Waals surface area contributed by atoms with Gasteiger partial charge in [0.2, 0.25) is 0 Å². The fraction of sp³-hybridized carbons (Fsp3) is 0.235. The molecule has 22 heavy (non-hydrogen) atoms. The summed E-state index contributed by atoms with van der Waals surface area (Å²) in [6.07, 6.45) is 0.424. The number of rotatable bonds is 4. The first kappa shape index (κ1) is 14.7. The molecular weight excluding hydrogens is 296 g/mol. The highest BCUT2D eigenvalue weighted by molar-refractivity contribution is 7.12. The number of thiophene rings is 1. The van der Waals surface area contributed by atoms with Crippen molar-refractivity contribution in [2.45, 2.75) is 26.8 Å². The average Bonchev–Trinajstić information content (AvgIpc) is 2.98. The molecule has 1 aliphatic rings. The average molecular weight is 312 g/mol. The number of urea groups is 1. The summed E-state index contributed by atoms with van der Waals surface area (Å²) in [5.41, 5.74) is 2.37. The number of nitrogens with zero attached hydrogens (tertiary/aromatic N) is 2. The maximum Gasteiger partial charge on any atom is 0.351 e. The highest BCUT2D eigenvalue weighted by Crippen LogP contribution is 2.20. The molecule has 0 aliphatic carbocycles. The van der Waals surface area contributed by atoms with E-state index in [4.69, 9.17) is 0 Å². The molecule has 1 aromatic carbocycles. The third kappa shape index (κ3) is 2.99. The molecule has 0 saturated heterocycles. The standard InChI is InChI=1S/C17H16N2O2S/c1-11-4-3-5-13(8-11)10-19-16(20)15(18-17(19)21)9-14-7-6-12(2)22-14/h3-8H,9-10H2,1-2H3. The number of imide groups is 1. The molecule has 0 radical (unpaired) electrons. The monoisotopic (exact) mass is 312 g/mol. The van der Waals surface area contributed by atoms with Crippen LogP contribution >= 0.6 is 11.3 Å². The highest BCUT2D eigenvalue weighted by Gasteiger charge is 2.33. The fourth-order valence-corrected chi connectivity index (χ4v) is 3.35. The molecule has 1 aliphatic heterocycles. The van der Waals surface area contributed by atoms with Crippen LogP contribution in [0.1, 0.15) is 20.9 Å². The van der Waals surface area contributed by atoms with Crippen molar-refractivity contribution in [2.75, 3.05) is 0 Å². The predicted molar refractivity (Wildman–Crippen MR) is 87.3 cm³/mol. The van der Waals surface area contributed by atoms with Gasteiger partial charge in [0.05, 0.1) is 6.54 Å². The summed E-state index contributed by atoms with van der Waals surface area (Å²) < 4.78 is 0. The summed E-state index contributed by atoms with van der Waals surface area (Å²) in [4.78, 5) is 31.8. The Bertz CT molecular complexity index is 776. The minimum atomic E-state index is -0.463. The zero-order chi connectivity index (χ0) is 15.7. The second-order valence-corrected chi connectivity index (χ2v) is 6.78. The van der Waals surface area contributed by atoms with Crippen molar-refractivity contribution < 1.29 is 9.59 Å². The number of hydrogen-bond donors (Lipinski definition) is 0. The molecule has 0 N–H and O–H groups in total. The molecule has 0 spiro atoms. The van der Waals surface area contributed by atoms with Crippen molar-refractivity contribution in [2.24, 2.45) is 4.99 Å².